The minimum atomic E-state index is -0.877. The molecule has 0 radical (unpaired) electrons. The van der Waals surface area contributed by atoms with E-state index in [4.69, 9.17) is 9.84 Å². The van der Waals surface area contributed by atoms with E-state index in [9.17, 15) is 9.59 Å². The van der Waals surface area contributed by atoms with Crippen molar-refractivity contribution in [2.75, 3.05) is 26.3 Å². The summed E-state index contributed by atoms with van der Waals surface area (Å²) in [7, 11) is 0. The summed E-state index contributed by atoms with van der Waals surface area (Å²) in [6.07, 6.45) is 2.25. The Morgan fingerprint density at radius 3 is 2.38 bits per heavy atom. The van der Waals surface area contributed by atoms with E-state index in [1.54, 1.807) is 0 Å². The number of ether oxygens (including phenoxy) is 1. The first-order valence-corrected chi connectivity index (χ1v) is 7.58. The molecular weight excluding hydrogens is 272 g/mol. The molecule has 0 heterocycles. The second kappa shape index (κ2) is 10.4. The summed E-state index contributed by atoms with van der Waals surface area (Å²) in [5, 5.41) is 14.5. The van der Waals surface area contributed by atoms with Crippen LogP contribution in [0.4, 0.5) is 4.79 Å². The van der Waals surface area contributed by atoms with Crippen LogP contribution in [0.3, 0.4) is 0 Å². The molecule has 0 aromatic rings. The van der Waals surface area contributed by atoms with Crippen LogP contribution in [0.25, 0.3) is 0 Å². The number of amides is 2. The van der Waals surface area contributed by atoms with Gasteiger partial charge in [0.25, 0.3) is 0 Å². The number of carbonyl (C=O) groups is 2. The summed E-state index contributed by atoms with van der Waals surface area (Å²) in [5.41, 5.74) is -0.0855. The molecule has 1 atom stereocenters. The summed E-state index contributed by atoms with van der Waals surface area (Å²) in [6, 6.07) is -0.328. The van der Waals surface area contributed by atoms with Crippen molar-refractivity contribution in [3.63, 3.8) is 0 Å². The Labute approximate surface area is 127 Å². The normalized spacial score (nSPS) is 12.8. The van der Waals surface area contributed by atoms with Gasteiger partial charge in [-0.2, -0.15) is 0 Å². The van der Waals surface area contributed by atoms with Gasteiger partial charge in [-0.15, -0.1) is 0 Å². The standard InChI is InChI=1S/C15H30N2O4/c1-5-8-21-9-6-7-16-14(20)17-11-12(13(18)19)10-15(2,3)4/h12H,5-11H2,1-4H3,(H,18,19)(H2,16,17,20). The number of rotatable bonds is 10. The zero-order valence-corrected chi connectivity index (χ0v) is 13.7. The Morgan fingerprint density at radius 2 is 1.86 bits per heavy atom. The summed E-state index contributed by atoms with van der Waals surface area (Å²) in [5.74, 6) is -1.44. The zero-order valence-electron chi connectivity index (χ0n) is 13.7. The Kier molecular flexibility index (Phi) is 9.78. The molecular formula is C15H30N2O4. The molecule has 0 aromatic carbocycles. The summed E-state index contributed by atoms with van der Waals surface area (Å²) in [4.78, 5) is 22.7. The lowest BCUT2D eigenvalue weighted by atomic mass is 9.84. The van der Waals surface area contributed by atoms with Crippen LogP contribution in [0.2, 0.25) is 0 Å². The fourth-order valence-corrected chi connectivity index (χ4v) is 1.89. The second-order valence-corrected chi connectivity index (χ2v) is 6.40. The molecule has 0 spiro atoms. The number of carboxylic acid groups (broad SMARTS) is 1. The first-order chi connectivity index (χ1) is 9.76. The fraction of sp³-hybridized carbons (Fsp3) is 0.867. The Hall–Kier alpha value is -1.30. The molecule has 0 bridgehead atoms. The van der Waals surface area contributed by atoms with E-state index in [2.05, 4.69) is 10.6 Å². The SMILES string of the molecule is CCCOCCCNC(=O)NCC(CC(C)(C)C)C(=O)O. The van der Waals surface area contributed by atoms with Crippen LogP contribution >= 0.6 is 0 Å². The molecule has 6 heteroatoms. The van der Waals surface area contributed by atoms with Gasteiger partial charge in [0.1, 0.15) is 0 Å². The lowest BCUT2D eigenvalue weighted by Crippen LogP contribution is -2.41. The van der Waals surface area contributed by atoms with Crippen LogP contribution < -0.4 is 10.6 Å². The summed E-state index contributed by atoms with van der Waals surface area (Å²) >= 11 is 0. The topological polar surface area (TPSA) is 87.7 Å². The van der Waals surface area contributed by atoms with Gasteiger partial charge in [-0.3, -0.25) is 4.79 Å². The summed E-state index contributed by atoms with van der Waals surface area (Å²) in [6.45, 7) is 10.0. The number of hydrogen-bond acceptors (Lipinski definition) is 3. The first-order valence-electron chi connectivity index (χ1n) is 7.58. The monoisotopic (exact) mass is 302 g/mol. The van der Waals surface area contributed by atoms with Crippen LogP contribution in [0, 0.1) is 11.3 Å². The fourth-order valence-electron chi connectivity index (χ4n) is 1.89. The van der Waals surface area contributed by atoms with Gasteiger partial charge in [-0.05, 0) is 24.7 Å². The van der Waals surface area contributed by atoms with Crippen LogP contribution in [0.5, 0.6) is 0 Å². The molecule has 3 N–H and O–H groups in total. The molecule has 21 heavy (non-hydrogen) atoms. The zero-order chi connectivity index (χ0) is 16.3. The molecule has 1 unspecified atom stereocenters. The van der Waals surface area contributed by atoms with Gasteiger partial charge in [0.2, 0.25) is 0 Å². The number of carboxylic acids is 1. The molecule has 6 nitrogen and oxygen atoms in total. The number of carbonyl (C=O) groups excluding carboxylic acids is 1. The highest BCUT2D eigenvalue weighted by molar-refractivity contribution is 5.75. The van der Waals surface area contributed by atoms with Crippen LogP contribution in [0.1, 0.15) is 47.0 Å². The number of urea groups is 1. The van der Waals surface area contributed by atoms with Gasteiger partial charge in [-0.1, -0.05) is 27.7 Å². The maximum Gasteiger partial charge on any atom is 0.314 e. The quantitative estimate of drug-likeness (QED) is 0.540. The average molecular weight is 302 g/mol. The van der Waals surface area contributed by atoms with Crippen molar-refractivity contribution < 1.29 is 19.4 Å². The second-order valence-electron chi connectivity index (χ2n) is 6.40. The van der Waals surface area contributed by atoms with Gasteiger partial charge in [0.15, 0.2) is 0 Å². The molecule has 124 valence electrons. The third kappa shape index (κ3) is 12.2. The Bertz CT molecular complexity index is 313. The average Bonchev–Trinajstić information content (AvgIpc) is 2.37. The van der Waals surface area contributed by atoms with Gasteiger partial charge in [0, 0.05) is 26.3 Å². The van der Waals surface area contributed by atoms with Crippen molar-refractivity contribution in [1.29, 1.82) is 0 Å². The van der Waals surface area contributed by atoms with Crippen LogP contribution in [-0.4, -0.2) is 43.4 Å². The van der Waals surface area contributed by atoms with Crippen molar-refractivity contribution in [1.82, 2.24) is 10.6 Å². The van der Waals surface area contributed by atoms with Gasteiger partial charge < -0.3 is 20.5 Å². The predicted octanol–water partition coefficient (Wildman–Crippen LogP) is 2.24. The smallest absolute Gasteiger partial charge is 0.314 e. The van der Waals surface area contributed by atoms with Crippen LogP contribution in [-0.2, 0) is 9.53 Å². The minimum absolute atomic E-state index is 0.0855. The predicted molar refractivity (Wildman–Crippen MR) is 82.3 cm³/mol. The third-order valence-corrected chi connectivity index (χ3v) is 2.82. The van der Waals surface area contributed by atoms with Crippen molar-refractivity contribution in [3.05, 3.63) is 0 Å². The molecule has 0 aliphatic rings. The molecule has 0 saturated heterocycles. The van der Waals surface area contributed by atoms with Gasteiger partial charge in [0.05, 0.1) is 5.92 Å². The van der Waals surface area contributed by atoms with Gasteiger partial charge in [-0.25, -0.2) is 4.79 Å². The maximum atomic E-state index is 11.6. The van der Waals surface area contributed by atoms with Crippen LogP contribution in [0.15, 0.2) is 0 Å². The van der Waals surface area contributed by atoms with E-state index in [0.29, 0.717) is 19.6 Å². The first kappa shape index (κ1) is 19.7. The third-order valence-electron chi connectivity index (χ3n) is 2.82. The molecule has 0 rings (SSSR count). The lowest BCUT2D eigenvalue weighted by Gasteiger charge is -2.23. The van der Waals surface area contributed by atoms with E-state index in [1.807, 2.05) is 27.7 Å². The van der Waals surface area contributed by atoms with E-state index in [1.165, 1.54) is 0 Å². The number of hydrogen-bond donors (Lipinski definition) is 3. The van der Waals surface area contributed by atoms with E-state index in [-0.39, 0.29) is 18.0 Å². The Morgan fingerprint density at radius 1 is 1.19 bits per heavy atom. The van der Waals surface area contributed by atoms with Crippen molar-refractivity contribution in [2.24, 2.45) is 11.3 Å². The highest BCUT2D eigenvalue weighted by atomic mass is 16.5. The van der Waals surface area contributed by atoms with Gasteiger partial charge >= 0.3 is 12.0 Å². The van der Waals surface area contributed by atoms with E-state index in [0.717, 1.165) is 19.4 Å². The molecule has 0 aromatic heterocycles. The molecule has 0 saturated carbocycles. The van der Waals surface area contributed by atoms with Crippen molar-refractivity contribution in [3.8, 4) is 0 Å². The largest absolute Gasteiger partial charge is 0.481 e. The molecule has 2 amide bonds. The number of nitrogens with one attached hydrogen (secondary N) is 2. The Balaban J connectivity index is 3.85. The summed E-state index contributed by atoms with van der Waals surface area (Å²) < 4.78 is 5.30. The van der Waals surface area contributed by atoms with E-state index >= 15 is 0 Å². The minimum Gasteiger partial charge on any atom is -0.481 e. The van der Waals surface area contributed by atoms with E-state index < -0.39 is 11.9 Å². The molecule has 0 aliphatic carbocycles. The van der Waals surface area contributed by atoms with Crippen molar-refractivity contribution >= 4 is 12.0 Å². The number of aliphatic carboxylic acids is 1. The maximum absolute atomic E-state index is 11.6. The highest BCUT2D eigenvalue weighted by Crippen LogP contribution is 2.24. The van der Waals surface area contributed by atoms with Crippen molar-refractivity contribution in [2.45, 2.75) is 47.0 Å². The molecule has 0 aliphatic heterocycles. The highest BCUT2D eigenvalue weighted by Gasteiger charge is 2.24. The molecule has 0 fully saturated rings. The lowest BCUT2D eigenvalue weighted by molar-refractivity contribution is -0.142.